The van der Waals surface area contributed by atoms with E-state index in [0.717, 1.165) is 12.1 Å². The Hall–Kier alpha value is -3.27. The van der Waals surface area contributed by atoms with Crippen molar-refractivity contribution in [2.24, 2.45) is 0 Å². The van der Waals surface area contributed by atoms with E-state index >= 15 is 0 Å². The van der Waals surface area contributed by atoms with Crippen molar-refractivity contribution in [1.82, 2.24) is 10.1 Å². The molecule has 8 nitrogen and oxygen atoms in total. The zero-order valence-corrected chi connectivity index (χ0v) is 15.6. The first-order valence-electron chi connectivity index (χ1n) is 8.24. The van der Waals surface area contributed by atoms with E-state index in [-0.39, 0.29) is 28.6 Å². The summed E-state index contributed by atoms with van der Waals surface area (Å²) in [6, 6.07) is 10.2. The first-order valence-corrected chi connectivity index (χ1v) is 9.73. The van der Waals surface area contributed by atoms with Crippen LogP contribution >= 0.6 is 0 Å². The van der Waals surface area contributed by atoms with E-state index < -0.39 is 21.8 Å². The highest BCUT2D eigenvalue weighted by molar-refractivity contribution is 7.92. The number of aryl methyl sites for hydroxylation is 1. The molecule has 0 aliphatic carbocycles. The molecule has 0 aliphatic rings. The van der Waals surface area contributed by atoms with Gasteiger partial charge in [0.1, 0.15) is 5.82 Å². The number of benzene rings is 2. The number of rotatable bonds is 7. The van der Waals surface area contributed by atoms with E-state index in [2.05, 4.69) is 14.9 Å². The van der Waals surface area contributed by atoms with Crippen LogP contribution in [0.2, 0.25) is 0 Å². The molecule has 0 bridgehead atoms. The van der Waals surface area contributed by atoms with E-state index in [1.54, 1.807) is 0 Å². The lowest BCUT2D eigenvalue weighted by Crippen LogP contribution is -2.14. The molecule has 0 aliphatic heterocycles. The largest absolute Gasteiger partial charge is 0.452 e. The van der Waals surface area contributed by atoms with Crippen molar-refractivity contribution in [3.8, 4) is 0 Å². The number of nitrogens with one attached hydrogen (secondary N) is 1. The SMILES string of the molecule is CCc1noc(COC(=O)c2cccc(S(=O)(=O)Nc3ccc(F)cc3)c2)n1. The number of ether oxygens (including phenoxy) is 1. The lowest BCUT2D eigenvalue weighted by atomic mass is 10.2. The maximum absolute atomic E-state index is 13.0. The molecule has 2 aromatic carbocycles. The molecule has 1 aromatic heterocycles. The standard InChI is InChI=1S/C18H16FN3O5S/c1-2-16-20-17(27-21-16)11-26-18(23)12-4-3-5-15(10-12)28(24,25)22-14-8-6-13(19)7-9-14/h3-10,22H,2,11H2,1H3. The molecule has 0 saturated heterocycles. The smallest absolute Gasteiger partial charge is 0.338 e. The Morgan fingerprint density at radius 1 is 1.21 bits per heavy atom. The number of anilines is 1. The highest BCUT2D eigenvalue weighted by Crippen LogP contribution is 2.18. The summed E-state index contributed by atoms with van der Waals surface area (Å²) in [5.74, 6) is -0.590. The molecule has 0 amide bonds. The summed E-state index contributed by atoms with van der Waals surface area (Å²) in [7, 11) is -3.97. The Kier molecular flexibility index (Phi) is 5.69. The number of hydrogen-bond donors (Lipinski definition) is 1. The Morgan fingerprint density at radius 3 is 2.64 bits per heavy atom. The van der Waals surface area contributed by atoms with E-state index in [1.807, 2.05) is 6.92 Å². The van der Waals surface area contributed by atoms with Crippen LogP contribution in [0.15, 0.2) is 57.9 Å². The summed E-state index contributed by atoms with van der Waals surface area (Å²) >= 11 is 0. The molecule has 3 aromatic rings. The van der Waals surface area contributed by atoms with Crippen LogP contribution in [-0.2, 0) is 27.8 Å². The Balaban J connectivity index is 1.71. The van der Waals surface area contributed by atoms with Gasteiger partial charge < -0.3 is 9.26 Å². The molecule has 3 rings (SSSR count). The second-order valence-corrected chi connectivity index (χ2v) is 7.36. The number of nitrogens with zero attached hydrogens (tertiary/aromatic N) is 2. The molecule has 0 atom stereocenters. The van der Waals surface area contributed by atoms with Crippen LogP contribution in [0.3, 0.4) is 0 Å². The van der Waals surface area contributed by atoms with Gasteiger partial charge >= 0.3 is 5.97 Å². The zero-order chi connectivity index (χ0) is 20.1. The molecule has 10 heteroatoms. The third-order valence-electron chi connectivity index (χ3n) is 3.63. The maximum atomic E-state index is 13.0. The number of esters is 1. The molecular weight excluding hydrogens is 389 g/mol. The van der Waals surface area contributed by atoms with Crippen LogP contribution in [0.5, 0.6) is 0 Å². The minimum Gasteiger partial charge on any atom is -0.452 e. The van der Waals surface area contributed by atoms with Crippen molar-refractivity contribution in [1.29, 1.82) is 0 Å². The van der Waals surface area contributed by atoms with Gasteiger partial charge in [0.05, 0.1) is 10.5 Å². The summed E-state index contributed by atoms with van der Waals surface area (Å²) in [4.78, 5) is 16.1. The third kappa shape index (κ3) is 4.71. The van der Waals surface area contributed by atoms with Crippen LogP contribution in [-0.4, -0.2) is 24.5 Å². The summed E-state index contributed by atoms with van der Waals surface area (Å²) in [6.45, 7) is 1.63. The number of carbonyl (C=O) groups is 1. The van der Waals surface area contributed by atoms with Crippen LogP contribution in [0.4, 0.5) is 10.1 Å². The molecular formula is C18H16FN3O5S. The fourth-order valence-corrected chi connectivity index (χ4v) is 3.33. The molecule has 146 valence electrons. The van der Waals surface area contributed by atoms with Crippen LogP contribution < -0.4 is 4.72 Å². The van der Waals surface area contributed by atoms with E-state index in [1.165, 1.54) is 36.4 Å². The van der Waals surface area contributed by atoms with Gasteiger partial charge in [-0.3, -0.25) is 4.72 Å². The lowest BCUT2D eigenvalue weighted by Gasteiger charge is -2.09. The number of aromatic nitrogens is 2. The van der Waals surface area contributed by atoms with Crippen LogP contribution in [0.1, 0.15) is 29.0 Å². The lowest BCUT2D eigenvalue weighted by molar-refractivity contribution is 0.0429. The maximum Gasteiger partial charge on any atom is 0.338 e. The van der Waals surface area contributed by atoms with Crippen molar-refractivity contribution < 1.29 is 26.9 Å². The summed E-state index contributed by atoms with van der Waals surface area (Å²) < 4.78 is 50.2. The number of halogens is 1. The van der Waals surface area contributed by atoms with Crippen molar-refractivity contribution in [3.05, 3.63) is 71.6 Å². The topological polar surface area (TPSA) is 111 Å². The van der Waals surface area contributed by atoms with Gasteiger partial charge in [-0.15, -0.1) is 0 Å². The van der Waals surface area contributed by atoms with Gasteiger partial charge in [-0.05, 0) is 42.5 Å². The minimum absolute atomic E-state index is 0.0391. The van der Waals surface area contributed by atoms with E-state index in [9.17, 15) is 17.6 Å². The van der Waals surface area contributed by atoms with Gasteiger partial charge in [-0.2, -0.15) is 4.98 Å². The van der Waals surface area contributed by atoms with E-state index in [4.69, 9.17) is 9.26 Å². The Labute approximate surface area is 160 Å². The third-order valence-corrected chi connectivity index (χ3v) is 5.01. The predicted molar refractivity (Wildman–Crippen MR) is 96.4 cm³/mol. The average molecular weight is 405 g/mol. The van der Waals surface area contributed by atoms with Crippen molar-refractivity contribution in [2.75, 3.05) is 4.72 Å². The molecule has 0 fully saturated rings. The van der Waals surface area contributed by atoms with Crippen molar-refractivity contribution in [3.63, 3.8) is 0 Å². The number of sulfonamides is 1. The van der Waals surface area contributed by atoms with Gasteiger partial charge in [0.25, 0.3) is 15.9 Å². The average Bonchev–Trinajstić information content (AvgIpc) is 3.16. The number of carbonyl (C=O) groups excluding carboxylic acids is 1. The molecule has 0 saturated carbocycles. The fourth-order valence-electron chi connectivity index (χ4n) is 2.23. The van der Waals surface area contributed by atoms with Gasteiger partial charge in [-0.25, -0.2) is 17.6 Å². The van der Waals surface area contributed by atoms with Crippen LogP contribution in [0, 0.1) is 5.82 Å². The first kappa shape index (κ1) is 19.5. The minimum atomic E-state index is -3.97. The highest BCUT2D eigenvalue weighted by atomic mass is 32.2. The first-order chi connectivity index (χ1) is 13.4. The number of hydrogen-bond acceptors (Lipinski definition) is 7. The van der Waals surface area contributed by atoms with Gasteiger partial charge in [0, 0.05) is 12.1 Å². The molecule has 1 heterocycles. The summed E-state index contributed by atoms with van der Waals surface area (Å²) in [6.07, 6.45) is 0.582. The fraction of sp³-hybridized carbons (Fsp3) is 0.167. The molecule has 0 radical (unpaired) electrons. The van der Waals surface area contributed by atoms with Gasteiger partial charge in [0.15, 0.2) is 12.4 Å². The van der Waals surface area contributed by atoms with Gasteiger partial charge in [0.2, 0.25) is 0 Å². The zero-order valence-electron chi connectivity index (χ0n) is 14.8. The molecule has 0 unspecified atom stereocenters. The Bertz CT molecular complexity index is 1080. The quantitative estimate of drug-likeness (QED) is 0.602. The monoisotopic (exact) mass is 405 g/mol. The normalized spacial score (nSPS) is 11.2. The van der Waals surface area contributed by atoms with E-state index in [0.29, 0.717) is 12.2 Å². The predicted octanol–water partition coefficient (Wildman–Crippen LogP) is 2.93. The molecule has 0 spiro atoms. The van der Waals surface area contributed by atoms with Crippen molar-refractivity contribution >= 4 is 21.7 Å². The second kappa shape index (κ2) is 8.17. The molecule has 28 heavy (non-hydrogen) atoms. The Morgan fingerprint density at radius 2 is 1.96 bits per heavy atom. The van der Waals surface area contributed by atoms with Crippen molar-refractivity contribution in [2.45, 2.75) is 24.8 Å². The summed E-state index contributed by atoms with van der Waals surface area (Å²) in [5, 5.41) is 3.69. The second-order valence-electron chi connectivity index (χ2n) is 5.67. The summed E-state index contributed by atoms with van der Waals surface area (Å²) in [5.41, 5.74) is 0.231. The highest BCUT2D eigenvalue weighted by Gasteiger charge is 2.18. The van der Waals surface area contributed by atoms with Gasteiger partial charge in [-0.1, -0.05) is 18.1 Å². The molecule has 1 N–H and O–H groups in total. The van der Waals surface area contributed by atoms with Crippen LogP contribution in [0.25, 0.3) is 0 Å².